The van der Waals surface area contributed by atoms with E-state index >= 15 is 0 Å². The molecule has 18 heavy (non-hydrogen) atoms. The Balaban J connectivity index is 2.12. The molecule has 2 rings (SSSR count). The number of nitrogens with one attached hydrogen (secondary N) is 1. The smallest absolute Gasteiger partial charge is 0.206 e. The summed E-state index contributed by atoms with van der Waals surface area (Å²) in [7, 11) is 2.03. The molecule has 1 aromatic rings. The Morgan fingerprint density at radius 3 is 3.17 bits per heavy atom. The van der Waals surface area contributed by atoms with Crippen LogP contribution >= 0.6 is 0 Å². The Labute approximate surface area is 110 Å². The Hall–Kier alpha value is -1.29. The number of aryl methyl sites for hydroxylation is 1. The van der Waals surface area contributed by atoms with Gasteiger partial charge in [-0.05, 0) is 39.3 Å². The van der Waals surface area contributed by atoms with Gasteiger partial charge in [-0.3, -0.25) is 0 Å². The van der Waals surface area contributed by atoms with Crippen LogP contribution in [0.5, 0.6) is 0 Å². The number of hydrogen-bond acceptors (Lipinski definition) is 3. The first kappa shape index (κ1) is 13.1. The third-order valence-corrected chi connectivity index (χ3v) is 3.50. The van der Waals surface area contributed by atoms with Crippen LogP contribution in [-0.4, -0.2) is 36.2 Å². The van der Waals surface area contributed by atoms with Crippen LogP contribution < -0.4 is 10.2 Å². The zero-order valence-corrected chi connectivity index (χ0v) is 11.5. The van der Waals surface area contributed by atoms with Gasteiger partial charge in [0.25, 0.3) is 0 Å². The minimum absolute atomic E-state index is 0.734. The fraction of sp³-hybridized carbons (Fsp3) is 0.643. The molecular weight excluding hydrogens is 224 g/mol. The molecule has 0 bridgehead atoms. The molecule has 0 radical (unpaired) electrons. The van der Waals surface area contributed by atoms with Crippen molar-refractivity contribution in [1.29, 1.82) is 0 Å². The summed E-state index contributed by atoms with van der Waals surface area (Å²) < 4.78 is 2.20. The molecule has 0 amide bonds. The first-order valence-electron chi connectivity index (χ1n) is 6.78. The summed E-state index contributed by atoms with van der Waals surface area (Å²) >= 11 is 0. The van der Waals surface area contributed by atoms with Crippen LogP contribution in [0.25, 0.3) is 0 Å². The highest BCUT2D eigenvalue weighted by atomic mass is 15.3. The van der Waals surface area contributed by atoms with E-state index in [1.54, 1.807) is 0 Å². The van der Waals surface area contributed by atoms with Crippen LogP contribution in [0.2, 0.25) is 0 Å². The molecular formula is C14H24N4. The van der Waals surface area contributed by atoms with E-state index in [9.17, 15) is 0 Å². The summed E-state index contributed by atoms with van der Waals surface area (Å²) in [6.45, 7) is 10.0. The van der Waals surface area contributed by atoms with Gasteiger partial charge in [0.05, 0.1) is 5.69 Å². The topological polar surface area (TPSA) is 33.1 Å². The molecule has 1 fully saturated rings. The predicted molar refractivity (Wildman–Crippen MR) is 76.0 cm³/mol. The number of allylic oxidation sites excluding steroid dienone is 1. The maximum atomic E-state index is 4.67. The third kappa shape index (κ3) is 2.93. The van der Waals surface area contributed by atoms with Crippen molar-refractivity contribution in [1.82, 2.24) is 14.9 Å². The molecule has 0 aromatic carbocycles. The number of rotatable bonds is 5. The summed E-state index contributed by atoms with van der Waals surface area (Å²) in [6.07, 6.45) is 6.61. The molecule has 1 aliphatic heterocycles. The summed E-state index contributed by atoms with van der Waals surface area (Å²) in [5.41, 5.74) is 1.09. The van der Waals surface area contributed by atoms with Gasteiger partial charge >= 0.3 is 0 Å². The normalized spacial score (nSPS) is 20.1. The molecule has 2 heterocycles. The largest absolute Gasteiger partial charge is 0.342 e. The number of aromatic nitrogens is 2. The first-order chi connectivity index (χ1) is 8.74. The third-order valence-electron chi connectivity index (χ3n) is 3.50. The average Bonchev–Trinajstić information content (AvgIpc) is 2.72. The quantitative estimate of drug-likeness (QED) is 0.807. The van der Waals surface area contributed by atoms with E-state index < -0.39 is 0 Å². The van der Waals surface area contributed by atoms with Gasteiger partial charge in [-0.25, -0.2) is 4.98 Å². The molecule has 1 N–H and O–H groups in total. The summed E-state index contributed by atoms with van der Waals surface area (Å²) in [5.74, 6) is 1.84. The first-order valence-corrected chi connectivity index (χ1v) is 6.78. The fourth-order valence-corrected chi connectivity index (χ4v) is 2.76. The maximum Gasteiger partial charge on any atom is 0.206 e. The molecule has 0 spiro atoms. The van der Waals surface area contributed by atoms with Crippen molar-refractivity contribution in [2.45, 2.75) is 26.3 Å². The van der Waals surface area contributed by atoms with Gasteiger partial charge in [0, 0.05) is 25.8 Å². The van der Waals surface area contributed by atoms with Gasteiger partial charge in [-0.1, -0.05) is 6.08 Å². The highest BCUT2D eigenvalue weighted by Crippen LogP contribution is 2.22. The monoisotopic (exact) mass is 248 g/mol. The van der Waals surface area contributed by atoms with Crippen LogP contribution in [0.15, 0.2) is 18.9 Å². The Morgan fingerprint density at radius 2 is 2.44 bits per heavy atom. The van der Waals surface area contributed by atoms with E-state index in [1.165, 1.54) is 12.8 Å². The molecule has 1 aliphatic rings. The Bertz CT molecular complexity index is 394. The fourth-order valence-electron chi connectivity index (χ4n) is 2.76. The van der Waals surface area contributed by atoms with E-state index in [0.717, 1.165) is 43.7 Å². The van der Waals surface area contributed by atoms with Crippen LogP contribution in [0.1, 0.15) is 18.5 Å². The van der Waals surface area contributed by atoms with Gasteiger partial charge in [0.1, 0.15) is 0 Å². The number of piperidine rings is 1. The molecule has 0 aliphatic carbocycles. The van der Waals surface area contributed by atoms with E-state index in [2.05, 4.69) is 39.5 Å². The molecule has 100 valence electrons. The standard InChI is InChI=1S/C14H24N4/c1-4-7-17-10-12(2)16-14(17)18-8-5-6-13(11-18)9-15-3/h4,10,13,15H,1,5-9,11H2,2-3H3. The number of imidazole rings is 1. The van der Waals surface area contributed by atoms with Crippen molar-refractivity contribution in [3.8, 4) is 0 Å². The maximum absolute atomic E-state index is 4.67. The number of hydrogen-bond donors (Lipinski definition) is 1. The minimum atomic E-state index is 0.734. The van der Waals surface area contributed by atoms with Crippen LogP contribution in [-0.2, 0) is 6.54 Å². The van der Waals surface area contributed by atoms with Crippen molar-refractivity contribution in [3.05, 3.63) is 24.5 Å². The second kappa shape index (κ2) is 6.05. The zero-order valence-electron chi connectivity index (χ0n) is 11.5. The molecule has 1 saturated heterocycles. The molecule has 0 saturated carbocycles. The minimum Gasteiger partial charge on any atom is -0.342 e. The highest BCUT2D eigenvalue weighted by molar-refractivity contribution is 5.34. The lowest BCUT2D eigenvalue weighted by Crippen LogP contribution is -2.40. The van der Waals surface area contributed by atoms with Gasteiger partial charge in [-0.2, -0.15) is 0 Å². The van der Waals surface area contributed by atoms with Crippen LogP contribution in [0.3, 0.4) is 0 Å². The van der Waals surface area contributed by atoms with Gasteiger partial charge < -0.3 is 14.8 Å². The van der Waals surface area contributed by atoms with Crippen molar-refractivity contribution < 1.29 is 0 Å². The Morgan fingerprint density at radius 1 is 1.61 bits per heavy atom. The van der Waals surface area contributed by atoms with E-state index in [4.69, 9.17) is 0 Å². The lowest BCUT2D eigenvalue weighted by molar-refractivity contribution is 0.397. The highest BCUT2D eigenvalue weighted by Gasteiger charge is 2.22. The van der Waals surface area contributed by atoms with E-state index in [-0.39, 0.29) is 0 Å². The summed E-state index contributed by atoms with van der Waals surface area (Å²) in [6, 6.07) is 0. The molecule has 4 heteroatoms. The Kier molecular flexibility index (Phi) is 4.42. The number of nitrogens with zero attached hydrogens (tertiary/aromatic N) is 3. The molecule has 4 nitrogen and oxygen atoms in total. The summed E-state index contributed by atoms with van der Waals surface area (Å²) in [4.78, 5) is 7.09. The number of anilines is 1. The van der Waals surface area contributed by atoms with Crippen molar-refractivity contribution >= 4 is 5.95 Å². The van der Waals surface area contributed by atoms with E-state index in [0.29, 0.717) is 0 Å². The molecule has 1 atom stereocenters. The lowest BCUT2D eigenvalue weighted by Gasteiger charge is -2.33. The van der Waals surface area contributed by atoms with Gasteiger partial charge in [-0.15, -0.1) is 6.58 Å². The molecule has 1 unspecified atom stereocenters. The van der Waals surface area contributed by atoms with Crippen LogP contribution in [0, 0.1) is 12.8 Å². The van der Waals surface area contributed by atoms with Crippen molar-refractivity contribution in [2.75, 3.05) is 31.6 Å². The van der Waals surface area contributed by atoms with Crippen molar-refractivity contribution in [2.24, 2.45) is 5.92 Å². The summed E-state index contributed by atoms with van der Waals surface area (Å²) in [5, 5.41) is 3.28. The second-order valence-corrected chi connectivity index (χ2v) is 5.14. The molecule has 1 aromatic heterocycles. The van der Waals surface area contributed by atoms with Crippen LogP contribution in [0.4, 0.5) is 5.95 Å². The SMILES string of the molecule is C=CCn1cc(C)nc1N1CCCC(CNC)C1. The van der Waals surface area contributed by atoms with Crippen molar-refractivity contribution in [3.63, 3.8) is 0 Å². The van der Waals surface area contributed by atoms with E-state index in [1.807, 2.05) is 13.1 Å². The zero-order chi connectivity index (χ0) is 13.0. The van der Waals surface area contributed by atoms with Gasteiger partial charge in [0.15, 0.2) is 0 Å². The average molecular weight is 248 g/mol. The second-order valence-electron chi connectivity index (χ2n) is 5.14. The van der Waals surface area contributed by atoms with Gasteiger partial charge in [0.2, 0.25) is 5.95 Å². The predicted octanol–water partition coefficient (Wildman–Crippen LogP) is 1.81. The lowest BCUT2D eigenvalue weighted by atomic mass is 9.98.